The fourth-order valence-electron chi connectivity index (χ4n) is 2.46. The van der Waals surface area contributed by atoms with Crippen LogP contribution in [0, 0.1) is 0 Å². The SMILES string of the molecule is CC(N)CC(=O)N1CCC(C(=O)O)c2ccccc21. The summed E-state index contributed by atoms with van der Waals surface area (Å²) < 4.78 is 0. The van der Waals surface area contributed by atoms with Crippen molar-refractivity contribution in [3.8, 4) is 0 Å². The third-order valence-corrected chi connectivity index (χ3v) is 3.34. The van der Waals surface area contributed by atoms with Crippen molar-refractivity contribution < 1.29 is 14.7 Å². The molecule has 1 amide bonds. The zero-order chi connectivity index (χ0) is 14.0. The predicted molar refractivity (Wildman–Crippen MR) is 72.1 cm³/mol. The number of aliphatic carboxylic acids is 1. The predicted octanol–water partition coefficient (Wildman–Crippen LogP) is 1.33. The first kappa shape index (κ1) is 13.5. The Balaban J connectivity index is 2.33. The van der Waals surface area contributed by atoms with Crippen molar-refractivity contribution in [2.45, 2.75) is 31.7 Å². The molecule has 0 fully saturated rings. The maximum Gasteiger partial charge on any atom is 0.311 e. The Morgan fingerprint density at radius 1 is 1.47 bits per heavy atom. The van der Waals surface area contributed by atoms with Gasteiger partial charge in [0, 0.05) is 24.7 Å². The molecule has 2 atom stereocenters. The van der Waals surface area contributed by atoms with E-state index in [-0.39, 0.29) is 18.4 Å². The van der Waals surface area contributed by atoms with Crippen LogP contribution in [-0.2, 0) is 9.59 Å². The quantitative estimate of drug-likeness (QED) is 0.860. The van der Waals surface area contributed by atoms with E-state index in [0.29, 0.717) is 24.2 Å². The number of hydrogen-bond acceptors (Lipinski definition) is 3. The Labute approximate surface area is 112 Å². The number of carbonyl (C=O) groups excluding carboxylic acids is 1. The van der Waals surface area contributed by atoms with E-state index >= 15 is 0 Å². The van der Waals surface area contributed by atoms with Crippen molar-refractivity contribution in [1.29, 1.82) is 0 Å². The summed E-state index contributed by atoms with van der Waals surface area (Å²) in [5, 5.41) is 9.23. The molecule has 0 aliphatic carbocycles. The minimum Gasteiger partial charge on any atom is -0.481 e. The van der Waals surface area contributed by atoms with Gasteiger partial charge in [0.05, 0.1) is 5.92 Å². The van der Waals surface area contributed by atoms with E-state index in [4.69, 9.17) is 5.73 Å². The summed E-state index contributed by atoms with van der Waals surface area (Å²) in [4.78, 5) is 25.0. The Bertz CT molecular complexity index is 499. The van der Waals surface area contributed by atoms with Gasteiger partial charge in [-0.25, -0.2) is 0 Å². The van der Waals surface area contributed by atoms with Crippen molar-refractivity contribution in [1.82, 2.24) is 0 Å². The molecule has 1 aliphatic heterocycles. The van der Waals surface area contributed by atoms with Gasteiger partial charge < -0.3 is 15.7 Å². The van der Waals surface area contributed by atoms with E-state index in [1.165, 1.54) is 0 Å². The second-order valence-corrected chi connectivity index (χ2v) is 4.97. The molecule has 2 unspecified atom stereocenters. The highest BCUT2D eigenvalue weighted by molar-refractivity contribution is 5.96. The number of carboxylic acids is 1. The lowest BCUT2D eigenvalue weighted by atomic mass is 9.89. The fourth-order valence-corrected chi connectivity index (χ4v) is 2.46. The third kappa shape index (κ3) is 2.76. The van der Waals surface area contributed by atoms with Crippen molar-refractivity contribution >= 4 is 17.6 Å². The molecule has 0 bridgehead atoms. The number of para-hydroxylation sites is 1. The molecule has 0 saturated carbocycles. The Hall–Kier alpha value is -1.88. The summed E-state index contributed by atoms with van der Waals surface area (Å²) in [6.07, 6.45) is 0.711. The number of carbonyl (C=O) groups is 2. The first-order valence-corrected chi connectivity index (χ1v) is 6.38. The van der Waals surface area contributed by atoms with E-state index in [0.717, 1.165) is 0 Å². The van der Waals surface area contributed by atoms with Crippen LogP contribution in [0.15, 0.2) is 24.3 Å². The molecule has 1 aromatic rings. The summed E-state index contributed by atoms with van der Waals surface area (Å²) in [6, 6.07) is 6.99. The van der Waals surface area contributed by atoms with Crippen LogP contribution in [0.1, 0.15) is 31.2 Å². The second-order valence-electron chi connectivity index (χ2n) is 4.97. The summed E-state index contributed by atoms with van der Waals surface area (Å²) in [5.41, 5.74) is 7.06. The molecule has 19 heavy (non-hydrogen) atoms. The summed E-state index contributed by atoms with van der Waals surface area (Å²) in [5.74, 6) is -1.42. The van der Waals surface area contributed by atoms with Crippen molar-refractivity contribution in [2.75, 3.05) is 11.4 Å². The van der Waals surface area contributed by atoms with Crippen LogP contribution in [0.25, 0.3) is 0 Å². The second kappa shape index (κ2) is 5.40. The molecule has 1 aliphatic rings. The molecule has 2 rings (SSSR count). The molecular formula is C14H18N2O3. The van der Waals surface area contributed by atoms with E-state index in [9.17, 15) is 14.7 Å². The highest BCUT2D eigenvalue weighted by Crippen LogP contribution is 2.35. The largest absolute Gasteiger partial charge is 0.481 e. The van der Waals surface area contributed by atoms with Gasteiger partial charge in [-0.05, 0) is 25.0 Å². The third-order valence-electron chi connectivity index (χ3n) is 3.34. The maximum atomic E-state index is 12.1. The molecular weight excluding hydrogens is 244 g/mol. The highest BCUT2D eigenvalue weighted by atomic mass is 16.4. The average molecular weight is 262 g/mol. The molecule has 0 saturated heterocycles. The minimum atomic E-state index is -0.841. The number of fused-ring (bicyclic) bond motifs is 1. The minimum absolute atomic E-state index is 0.0497. The van der Waals surface area contributed by atoms with Crippen molar-refractivity contribution in [3.05, 3.63) is 29.8 Å². The number of rotatable bonds is 3. The molecule has 1 aromatic carbocycles. The van der Waals surface area contributed by atoms with Gasteiger partial charge in [-0.3, -0.25) is 9.59 Å². The number of benzene rings is 1. The van der Waals surface area contributed by atoms with Crippen LogP contribution in [0.5, 0.6) is 0 Å². The van der Waals surface area contributed by atoms with Gasteiger partial charge in [0.1, 0.15) is 0 Å². The van der Waals surface area contributed by atoms with E-state index in [1.807, 2.05) is 6.07 Å². The van der Waals surface area contributed by atoms with Crippen LogP contribution < -0.4 is 10.6 Å². The molecule has 1 heterocycles. The average Bonchev–Trinajstić information content (AvgIpc) is 2.36. The van der Waals surface area contributed by atoms with E-state index in [1.54, 1.807) is 30.0 Å². The lowest BCUT2D eigenvalue weighted by Gasteiger charge is -2.33. The van der Waals surface area contributed by atoms with Crippen LogP contribution in [0.3, 0.4) is 0 Å². The van der Waals surface area contributed by atoms with Gasteiger partial charge in [0.25, 0.3) is 0 Å². The summed E-state index contributed by atoms with van der Waals surface area (Å²) in [6.45, 7) is 2.22. The zero-order valence-electron chi connectivity index (χ0n) is 10.9. The van der Waals surface area contributed by atoms with Gasteiger partial charge in [0.15, 0.2) is 0 Å². The highest BCUT2D eigenvalue weighted by Gasteiger charge is 2.32. The number of amides is 1. The topological polar surface area (TPSA) is 83.6 Å². The fraction of sp³-hybridized carbons (Fsp3) is 0.429. The molecule has 3 N–H and O–H groups in total. The molecule has 0 spiro atoms. The van der Waals surface area contributed by atoms with Gasteiger partial charge in [-0.2, -0.15) is 0 Å². The Morgan fingerprint density at radius 2 is 2.16 bits per heavy atom. The molecule has 0 radical (unpaired) electrons. The lowest BCUT2D eigenvalue weighted by molar-refractivity contribution is -0.139. The normalized spacial score (nSPS) is 19.7. The lowest BCUT2D eigenvalue weighted by Crippen LogP contribution is -2.40. The number of hydrogen-bond donors (Lipinski definition) is 2. The Morgan fingerprint density at radius 3 is 2.79 bits per heavy atom. The Kier molecular flexibility index (Phi) is 3.85. The van der Waals surface area contributed by atoms with Gasteiger partial charge in [-0.1, -0.05) is 18.2 Å². The summed E-state index contributed by atoms with van der Waals surface area (Å²) >= 11 is 0. The standard InChI is InChI=1S/C14H18N2O3/c1-9(15)8-13(17)16-7-6-11(14(18)19)10-4-2-3-5-12(10)16/h2-5,9,11H,6-8,15H2,1H3,(H,18,19). The van der Waals surface area contributed by atoms with Crippen molar-refractivity contribution in [3.63, 3.8) is 0 Å². The molecule has 5 heteroatoms. The summed E-state index contributed by atoms with van der Waals surface area (Å²) in [7, 11) is 0. The number of nitrogens with zero attached hydrogens (tertiary/aromatic N) is 1. The number of nitrogens with two attached hydrogens (primary N) is 1. The van der Waals surface area contributed by atoms with Gasteiger partial charge in [-0.15, -0.1) is 0 Å². The molecule has 0 aromatic heterocycles. The number of carboxylic acid groups (broad SMARTS) is 1. The smallest absolute Gasteiger partial charge is 0.311 e. The monoisotopic (exact) mass is 262 g/mol. The zero-order valence-corrected chi connectivity index (χ0v) is 10.9. The van der Waals surface area contributed by atoms with E-state index in [2.05, 4.69) is 0 Å². The number of anilines is 1. The van der Waals surface area contributed by atoms with Crippen LogP contribution in [-0.4, -0.2) is 29.6 Å². The van der Waals surface area contributed by atoms with Gasteiger partial charge in [0.2, 0.25) is 5.91 Å². The molecule has 102 valence electrons. The van der Waals surface area contributed by atoms with Crippen LogP contribution >= 0.6 is 0 Å². The van der Waals surface area contributed by atoms with Crippen LogP contribution in [0.4, 0.5) is 5.69 Å². The van der Waals surface area contributed by atoms with E-state index < -0.39 is 11.9 Å². The first-order chi connectivity index (χ1) is 9.00. The molecule has 5 nitrogen and oxygen atoms in total. The first-order valence-electron chi connectivity index (χ1n) is 6.38. The van der Waals surface area contributed by atoms with Gasteiger partial charge >= 0.3 is 5.97 Å². The van der Waals surface area contributed by atoms with Crippen LogP contribution in [0.2, 0.25) is 0 Å². The maximum absolute atomic E-state index is 12.1. The van der Waals surface area contributed by atoms with Crippen molar-refractivity contribution in [2.24, 2.45) is 5.73 Å².